The summed E-state index contributed by atoms with van der Waals surface area (Å²) in [5.74, 6) is 0.206. The highest BCUT2D eigenvalue weighted by Crippen LogP contribution is 2.22. The van der Waals surface area contributed by atoms with Gasteiger partial charge in [-0.1, -0.05) is 12.1 Å². The summed E-state index contributed by atoms with van der Waals surface area (Å²) in [4.78, 5) is 27.6. The van der Waals surface area contributed by atoms with Gasteiger partial charge < -0.3 is 19.0 Å². The van der Waals surface area contributed by atoms with Crippen LogP contribution in [0.1, 0.15) is 23.0 Å². The molecule has 2 amide bonds. The van der Waals surface area contributed by atoms with E-state index >= 15 is 0 Å². The Bertz CT molecular complexity index is 729. The first kappa shape index (κ1) is 15.4. The van der Waals surface area contributed by atoms with Crippen LogP contribution in [0.15, 0.2) is 28.7 Å². The summed E-state index contributed by atoms with van der Waals surface area (Å²) < 4.78 is 10.7. The first-order chi connectivity index (χ1) is 11.1. The fraction of sp³-hybridized carbons (Fsp3) is 0.412. The molecule has 2 heterocycles. The number of nitrogens with zero attached hydrogens (tertiary/aromatic N) is 2. The fourth-order valence-electron chi connectivity index (χ4n) is 2.71. The van der Waals surface area contributed by atoms with Crippen LogP contribution in [0.2, 0.25) is 0 Å². The van der Waals surface area contributed by atoms with Crippen molar-refractivity contribution in [1.82, 2.24) is 9.80 Å². The Hall–Kier alpha value is -2.50. The minimum atomic E-state index is -0.321. The summed E-state index contributed by atoms with van der Waals surface area (Å²) >= 11 is 0. The lowest BCUT2D eigenvalue weighted by Gasteiger charge is -2.33. The number of carbonyl (C=O) groups excluding carboxylic acids is 2. The van der Waals surface area contributed by atoms with Gasteiger partial charge in [0, 0.05) is 31.6 Å². The maximum Gasteiger partial charge on any atom is 0.409 e. The molecule has 23 heavy (non-hydrogen) atoms. The molecule has 1 aliphatic heterocycles. The van der Waals surface area contributed by atoms with E-state index in [9.17, 15) is 9.59 Å². The summed E-state index contributed by atoms with van der Waals surface area (Å²) in [5.41, 5.74) is 1.81. The van der Waals surface area contributed by atoms with E-state index in [0.717, 1.165) is 16.5 Å². The normalized spacial score (nSPS) is 15.0. The summed E-state index contributed by atoms with van der Waals surface area (Å²) in [5, 5.41) is 0.920. The van der Waals surface area contributed by atoms with Gasteiger partial charge in [0.1, 0.15) is 5.58 Å². The number of hydrogen-bond donors (Lipinski definition) is 0. The molecule has 0 spiro atoms. The fourth-order valence-corrected chi connectivity index (χ4v) is 2.71. The number of benzene rings is 1. The van der Waals surface area contributed by atoms with Crippen LogP contribution < -0.4 is 0 Å². The standard InChI is InChI=1S/C17H20N2O4/c1-3-22-17(21)19-8-6-18(7-9-19)16(20)15-11-13-5-4-12(2)10-14(13)23-15/h4-5,10-11H,3,6-9H2,1-2H3. The lowest BCUT2D eigenvalue weighted by molar-refractivity contribution is 0.0548. The van der Waals surface area contributed by atoms with Crippen LogP contribution >= 0.6 is 0 Å². The Balaban J connectivity index is 1.67. The molecule has 1 aliphatic rings. The molecule has 1 aromatic carbocycles. The molecule has 1 fully saturated rings. The largest absolute Gasteiger partial charge is 0.451 e. The highest BCUT2D eigenvalue weighted by atomic mass is 16.6. The zero-order valence-electron chi connectivity index (χ0n) is 13.4. The molecule has 6 nitrogen and oxygen atoms in total. The zero-order valence-corrected chi connectivity index (χ0v) is 13.4. The monoisotopic (exact) mass is 316 g/mol. The number of amides is 2. The minimum Gasteiger partial charge on any atom is -0.451 e. The second-order valence-corrected chi connectivity index (χ2v) is 5.63. The summed E-state index contributed by atoms with van der Waals surface area (Å²) in [6, 6.07) is 7.63. The third-order valence-electron chi connectivity index (χ3n) is 3.98. The predicted molar refractivity (Wildman–Crippen MR) is 85.4 cm³/mol. The molecule has 1 saturated heterocycles. The van der Waals surface area contributed by atoms with Crippen molar-refractivity contribution in [3.63, 3.8) is 0 Å². The van der Waals surface area contributed by atoms with Crippen molar-refractivity contribution in [3.8, 4) is 0 Å². The minimum absolute atomic E-state index is 0.137. The van der Waals surface area contributed by atoms with E-state index in [1.165, 1.54) is 0 Å². The van der Waals surface area contributed by atoms with Crippen LogP contribution in [-0.2, 0) is 4.74 Å². The van der Waals surface area contributed by atoms with E-state index in [-0.39, 0.29) is 12.0 Å². The van der Waals surface area contributed by atoms with Gasteiger partial charge in [-0.05, 0) is 31.5 Å². The average Bonchev–Trinajstić information content (AvgIpc) is 2.97. The zero-order chi connectivity index (χ0) is 16.4. The second-order valence-electron chi connectivity index (χ2n) is 5.63. The highest BCUT2D eigenvalue weighted by molar-refractivity contribution is 5.96. The molecule has 0 unspecified atom stereocenters. The molecule has 1 aromatic heterocycles. The van der Waals surface area contributed by atoms with Crippen molar-refractivity contribution < 1.29 is 18.7 Å². The van der Waals surface area contributed by atoms with Gasteiger partial charge in [0.15, 0.2) is 5.76 Å². The van der Waals surface area contributed by atoms with E-state index in [0.29, 0.717) is 38.5 Å². The van der Waals surface area contributed by atoms with Crippen molar-refractivity contribution in [1.29, 1.82) is 0 Å². The molecular formula is C17H20N2O4. The van der Waals surface area contributed by atoms with Crippen LogP contribution in [-0.4, -0.2) is 54.6 Å². The van der Waals surface area contributed by atoms with E-state index in [1.54, 1.807) is 22.8 Å². The van der Waals surface area contributed by atoms with Gasteiger partial charge in [-0.25, -0.2) is 4.79 Å². The first-order valence-electron chi connectivity index (χ1n) is 7.79. The molecule has 0 saturated carbocycles. The third kappa shape index (κ3) is 3.16. The van der Waals surface area contributed by atoms with Crippen LogP contribution in [0.5, 0.6) is 0 Å². The molecule has 0 N–H and O–H groups in total. The quantitative estimate of drug-likeness (QED) is 0.854. The highest BCUT2D eigenvalue weighted by Gasteiger charge is 2.27. The molecule has 0 radical (unpaired) electrons. The van der Waals surface area contributed by atoms with Crippen molar-refractivity contribution in [2.24, 2.45) is 0 Å². The van der Waals surface area contributed by atoms with E-state index in [4.69, 9.17) is 9.15 Å². The lowest BCUT2D eigenvalue weighted by atomic mass is 10.2. The number of aryl methyl sites for hydroxylation is 1. The van der Waals surface area contributed by atoms with E-state index < -0.39 is 0 Å². The van der Waals surface area contributed by atoms with Gasteiger partial charge in [-0.2, -0.15) is 0 Å². The van der Waals surface area contributed by atoms with Crippen LogP contribution in [0, 0.1) is 6.92 Å². The topological polar surface area (TPSA) is 63.0 Å². The number of hydrogen-bond acceptors (Lipinski definition) is 4. The van der Waals surface area contributed by atoms with Crippen LogP contribution in [0.3, 0.4) is 0 Å². The number of furan rings is 1. The Morgan fingerprint density at radius 3 is 2.52 bits per heavy atom. The number of ether oxygens (including phenoxy) is 1. The van der Waals surface area contributed by atoms with E-state index in [2.05, 4.69) is 0 Å². The molecule has 0 aliphatic carbocycles. The van der Waals surface area contributed by atoms with Gasteiger partial charge in [0.05, 0.1) is 6.61 Å². The number of rotatable bonds is 2. The van der Waals surface area contributed by atoms with Gasteiger partial charge in [0.25, 0.3) is 5.91 Å². The van der Waals surface area contributed by atoms with Gasteiger partial charge >= 0.3 is 6.09 Å². The maximum absolute atomic E-state index is 12.6. The van der Waals surface area contributed by atoms with Crippen molar-refractivity contribution in [2.75, 3.05) is 32.8 Å². The van der Waals surface area contributed by atoms with Gasteiger partial charge in [-0.3, -0.25) is 4.79 Å². The summed E-state index contributed by atoms with van der Waals surface area (Å²) in [6.45, 7) is 6.03. The average molecular weight is 316 g/mol. The Morgan fingerprint density at radius 2 is 1.83 bits per heavy atom. The molecule has 0 bridgehead atoms. The molecule has 3 rings (SSSR count). The Kier molecular flexibility index (Phi) is 4.23. The van der Waals surface area contributed by atoms with E-state index in [1.807, 2.05) is 25.1 Å². The van der Waals surface area contributed by atoms with Crippen molar-refractivity contribution >= 4 is 23.0 Å². The molecule has 122 valence electrons. The third-order valence-corrected chi connectivity index (χ3v) is 3.98. The lowest BCUT2D eigenvalue weighted by Crippen LogP contribution is -2.50. The molecular weight excluding hydrogens is 296 g/mol. The number of piperazine rings is 1. The summed E-state index contributed by atoms with van der Waals surface area (Å²) in [6.07, 6.45) is -0.321. The number of fused-ring (bicyclic) bond motifs is 1. The maximum atomic E-state index is 12.6. The molecule has 6 heteroatoms. The molecule has 0 atom stereocenters. The molecule has 2 aromatic rings. The Morgan fingerprint density at radius 1 is 1.13 bits per heavy atom. The number of carbonyl (C=O) groups is 2. The van der Waals surface area contributed by atoms with Crippen LogP contribution in [0.25, 0.3) is 11.0 Å². The van der Waals surface area contributed by atoms with Gasteiger partial charge in [0.2, 0.25) is 0 Å². The Labute approximate surface area is 134 Å². The van der Waals surface area contributed by atoms with Gasteiger partial charge in [-0.15, -0.1) is 0 Å². The summed E-state index contributed by atoms with van der Waals surface area (Å²) in [7, 11) is 0. The van der Waals surface area contributed by atoms with Crippen molar-refractivity contribution in [3.05, 3.63) is 35.6 Å². The SMILES string of the molecule is CCOC(=O)N1CCN(C(=O)c2cc3ccc(C)cc3o2)CC1. The van der Waals surface area contributed by atoms with Crippen molar-refractivity contribution in [2.45, 2.75) is 13.8 Å². The predicted octanol–water partition coefficient (Wildman–Crippen LogP) is 2.66. The smallest absolute Gasteiger partial charge is 0.409 e. The van der Waals surface area contributed by atoms with Crippen LogP contribution in [0.4, 0.5) is 4.79 Å². The second kappa shape index (κ2) is 6.32. The first-order valence-corrected chi connectivity index (χ1v) is 7.79.